The van der Waals surface area contributed by atoms with Gasteiger partial charge in [0.25, 0.3) is 0 Å². The van der Waals surface area contributed by atoms with E-state index < -0.39 is 0 Å². The highest BCUT2D eigenvalue weighted by molar-refractivity contribution is 4.89. The molecule has 0 saturated carbocycles. The first-order chi connectivity index (χ1) is 6.72. The van der Waals surface area contributed by atoms with E-state index in [-0.39, 0.29) is 6.10 Å². The molecule has 0 aromatic rings. The van der Waals surface area contributed by atoms with Gasteiger partial charge in [0.2, 0.25) is 0 Å². The smallest absolute Gasteiger partial charge is 0.156 e. The normalized spacial score (nSPS) is 23.7. The molecule has 1 atom stereocenters. The predicted molar refractivity (Wildman–Crippen MR) is 55.9 cm³/mol. The van der Waals surface area contributed by atoms with E-state index in [9.17, 15) is 0 Å². The maximum Gasteiger partial charge on any atom is 0.156 e. The fourth-order valence-electron chi connectivity index (χ4n) is 1.71. The quantitative estimate of drug-likeness (QED) is 0.686. The van der Waals surface area contributed by atoms with Gasteiger partial charge in [-0.3, -0.25) is 4.90 Å². The highest BCUT2D eigenvalue weighted by atomic mass is 16.5. The van der Waals surface area contributed by atoms with Crippen molar-refractivity contribution in [2.75, 3.05) is 26.2 Å². The van der Waals surface area contributed by atoms with E-state index in [1.54, 1.807) is 0 Å². The zero-order chi connectivity index (χ0) is 10.4. The van der Waals surface area contributed by atoms with E-state index in [0.29, 0.717) is 6.61 Å². The number of nitriles is 1. The van der Waals surface area contributed by atoms with Gasteiger partial charge in [-0.05, 0) is 25.3 Å². The van der Waals surface area contributed by atoms with Gasteiger partial charge >= 0.3 is 0 Å². The summed E-state index contributed by atoms with van der Waals surface area (Å²) in [5.41, 5.74) is 0. The number of nitrogens with zero attached hydrogens (tertiary/aromatic N) is 2. The molecule has 1 unspecified atom stereocenters. The lowest BCUT2D eigenvalue weighted by Crippen LogP contribution is -2.42. The monoisotopic (exact) mass is 196 g/mol. The van der Waals surface area contributed by atoms with E-state index in [2.05, 4.69) is 24.8 Å². The molecule has 14 heavy (non-hydrogen) atoms. The highest BCUT2D eigenvalue weighted by Gasteiger charge is 2.18. The molecule has 1 saturated heterocycles. The lowest BCUT2D eigenvalue weighted by molar-refractivity contribution is -0.000173. The van der Waals surface area contributed by atoms with Crippen molar-refractivity contribution in [1.29, 1.82) is 5.26 Å². The van der Waals surface area contributed by atoms with Crippen LogP contribution in [0.5, 0.6) is 0 Å². The van der Waals surface area contributed by atoms with E-state index in [1.807, 2.05) is 0 Å². The third-order valence-corrected chi connectivity index (χ3v) is 2.55. The van der Waals surface area contributed by atoms with E-state index in [4.69, 9.17) is 10.00 Å². The zero-order valence-electron chi connectivity index (χ0n) is 9.20. The zero-order valence-corrected chi connectivity index (χ0v) is 9.20. The van der Waals surface area contributed by atoms with Crippen LogP contribution in [0.4, 0.5) is 0 Å². The van der Waals surface area contributed by atoms with Crippen LogP contribution < -0.4 is 0 Å². The van der Waals surface area contributed by atoms with Crippen LogP contribution in [-0.2, 0) is 4.74 Å². The standard InChI is InChI=1S/C11H20N2O/c1-10(2)4-3-5-13-6-7-14-11(8-12)9-13/h10-11H,3-7,9H2,1-2H3. The number of hydrogen-bond acceptors (Lipinski definition) is 3. The second-order valence-corrected chi connectivity index (χ2v) is 4.33. The minimum Gasteiger partial charge on any atom is -0.361 e. The lowest BCUT2D eigenvalue weighted by atomic mass is 10.1. The molecule has 0 aromatic heterocycles. The highest BCUT2D eigenvalue weighted by Crippen LogP contribution is 2.08. The van der Waals surface area contributed by atoms with Crippen LogP contribution in [0.15, 0.2) is 0 Å². The van der Waals surface area contributed by atoms with Crippen molar-refractivity contribution in [2.45, 2.75) is 32.8 Å². The Morgan fingerprint density at radius 3 is 3.00 bits per heavy atom. The van der Waals surface area contributed by atoms with Crippen molar-refractivity contribution in [3.8, 4) is 6.07 Å². The SMILES string of the molecule is CC(C)CCCN1CCOC(C#N)C1. The molecule has 1 fully saturated rings. The van der Waals surface area contributed by atoms with Crippen LogP contribution >= 0.6 is 0 Å². The van der Waals surface area contributed by atoms with Crippen LogP contribution in [0.3, 0.4) is 0 Å². The molecule has 1 aliphatic rings. The summed E-state index contributed by atoms with van der Waals surface area (Å²) in [7, 11) is 0. The molecule has 0 amide bonds. The molecule has 0 bridgehead atoms. The predicted octanol–water partition coefficient (Wildman–Crippen LogP) is 1.65. The summed E-state index contributed by atoms with van der Waals surface area (Å²) < 4.78 is 5.28. The third-order valence-electron chi connectivity index (χ3n) is 2.55. The first-order valence-corrected chi connectivity index (χ1v) is 5.46. The molecule has 0 N–H and O–H groups in total. The summed E-state index contributed by atoms with van der Waals surface area (Å²) in [4.78, 5) is 2.33. The lowest BCUT2D eigenvalue weighted by Gasteiger charge is -2.29. The van der Waals surface area contributed by atoms with Gasteiger partial charge in [-0.15, -0.1) is 0 Å². The minimum absolute atomic E-state index is 0.206. The molecule has 1 heterocycles. The average molecular weight is 196 g/mol. The number of morpholine rings is 1. The topological polar surface area (TPSA) is 36.3 Å². The first-order valence-electron chi connectivity index (χ1n) is 5.46. The molecule has 0 radical (unpaired) electrons. The Kier molecular flexibility index (Phi) is 4.92. The Morgan fingerprint density at radius 1 is 1.57 bits per heavy atom. The molecular formula is C11H20N2O. The molecule has 3 nitrogen and oxygen atoms in total. The summed E-state index contributed by atoms with van der Waals surface area (Å²) in [6.07, 6.45) is 2.30. The fraction of sp³-hybridized carbons (Fsp3) is 0.909. The van der Waals surface area contributed by atoms with Gasteiger partial charge in [-0.2, -0.15) is 5.26 Å². The molecule has 0 spiro atoms. The second kappa shape index (κ2) is 6.00. The van der Waals surface area contributed by atoms with Crippen molar-refractivity contribution in [3.63, 3.8) is 0 Å². The summed E-state index contributed by atoms with van der Waals surface area (Å²) in [6, 6.07) is 2.17. The van der Waals surface area contributed by atoms with Gasteiger partial charge in [0.15, 0.2) is 6.10 Å². The fourth-order valence-corrected chi connectivity index (χ4v) is 1.71. The van der Waals surface area contributed by atoms with Crippen LogP contribution in [0.1, 0.15) is 26.7 Å². The van der Waals surface area contributed by atoms with E-state index in [1.165, 1.54) is 12.8 Å². The second-order valence-electron chi connectivity index (χ2n) is 4.33. The Hall–Kier alpha value is -0.590. The van der Waals surface area contributed by atoms with Gasteiger partial charge in [0, 0.05) is 13.1 Å². The molecule has 3 heteroatoms. The largest absolute Gasteiger partial charge is 0.361 e. The van der Waals surface area contributed by atoms with Gasteiger partial charge in [-0.25, -0.2) is 0 Å². The maximum absolute atomic E-state index is 8.72. The molecule has 80 valence electrons. The van der Waals surface area contributed by atoms with Crippen molar-refractivity contribution in [3.05, 3.63) is 0 Å². The molecular weight excluding hydrogens is 176 g/mol. The molecule has 1 aliphatic heterocycles. The van der Waals surface area contributed by atoms with Gasteiger partial charge in [-0.1, -0.05) is 13.8 Å². The van der Waals surface area contributed by atoms with Crippen LogP contribution in [0, 0.1) is 17.2 Å². The first kappa shape index (κ1) is 11.5. The number of hydrogen-bond donors (Lipinski definition) is 0. The Morgan fingerprint density at radius 2 is 2.36 bits per heavy atom. The van der Waals surface area contributed by atoms with Crippen LogP contribution in [0.2, 0.25) is 0 Å². The molecule has 0 aliphatic carbocycles. The van der Waals surface area contributed by atoms with Crippen molar-refractivity contribution < 1.29 is 4.74 Å². The molecule has 1 rings (SSSR count). The third kappa shape index (κ3) is 4.08. The number of rotatable bonds is 4. The molecule has 0 aromatic carbocycles. The maximum atomic E-state index is 8.72. The van der Waals surface area contributed by atoms with Gasteiger partial charge in [0.05, 0.1) is 12.7 Å². The Labute approximate surface area is 86.6 Å². The number of ether oxygens (including phenoxy) is 1. The summed E-state index contributed by atoms with van der Waals surface area (Å²) >= 11 is 0. The van der Waals surface area contributed by atoms with Crippen molar-refractivity contribution in [2.24, 2.45) is 5.92 Å². The van der Waals surface area contributed by atoms with Gasteiger partial charge < -0.3 is 4.74 Å². The minimum atomic E-state index is -0.206. The Bertz CT molecular complexity index is 198. The Balaban J connectivity index is 2.15. The van der Waals surface area contributed by atoms with Crippen molar-refractivity contribution >= 4 is 0 Å². The van der Waals surface area contributed by atoms with Crippen molar-refractivity contribution in [1.82, 2.24) is 4.90 Å². The van der Waals surface area contributed by atoms with E-state index >= 15 is 0 Å². The average Bonchev–Trinajstić information content (AvgIpc) is 2.18. The van der Waals surface area contributed by atoms with E-state index in [0.717, 1.165) is 25.6 Å². The summed E-state index contributed by atoms with van der Waals surface area (Å²) in [6.45, 7) is 8.08. The summed E-state index contributed by atoms with van der Waals surface area (Å²) in [5, 5.41) is 8.72. The van der Waals surface area contributed by atoms with Crippen LogP contribution in [-0.4, -0.2) is 37.2 Å². The summed E-state index contributed by atoms with van der Waals surface area (Å²) in [5.74, 6) is 0.780. The van der Waals surface area contributed by atoms with Crippen LogP contribution in [0.25, 0.3) is 0 Å². The van der Waals surface area contributed by atoms with Gasteiger partial charge in [0.1, 0.15) is 0 Å².